The Morgan fingerprint density at radius 2 is 1.33 bits per heavy atom. The van der Waals surface area contributed by atoms with Gasteiger partial charge in [0.25, 0.3) is 0 Å². The summed E-state index contributed by atoms with van der Waals surface area (Å²) in [6.07, 6.45) is 0. The average molecular weight is 508 g/mol. The summed E-state index contributed by atoms with van der Waals surface area (Å²) in [5.41, 5.74) is 1.28. The Balaban J connectivity index is 0.00000105. The van der Waals surface area contributed by atoms with E-state index in [0.717, 1.165) is 0 Å². The molecule has 0 aromatic heterocycles. The molecule has 7 heteroatoms. The molecule has 3 aromatic carbocycles. The molecule has 3 aromatic rings. The molecule has 1 spiro atoms. The van der Waals surface area contributed by atoms with Crippen LogP contribution in [0.5, 0.6) is 23.0 Å². The number of hydrogen-bond acceptors (Lipinski definition) is 5. The van der Waals surface area contributed by atoms with Crippen molar-refractivity contribution in [3.63, 3.8) is 0 Å². The summed E-state index contributed by atoms with van der Waals surface area (Å²) in [5, 5.41) is 19.7. The van der Waals surface area contributed by atoms with E-state index in [2.05, 4.69) is 0 Å². The van der Waals surface area contributed by atoms with Gasteiger partial charge in [-0.05, 0) is 30.3 Å². The van der Waals surface area contributed by atoms with Crippen molar-refractivity contribution in [1.82, 2.24) is 0 Å². The van der Waals surface area contributed by atoms with Crippen molar-refractivity contribution in [2.45, 2.75) is 5.60 Å². The van der Waals surface area contributed by atoms with E-state index in [0.29, 0.717) is 33.8 Å². The van der Waals surface area contributed by atoms with Gasteiger partial charge in [-0.2, -0.15) is 0 Å². The minimum atomic E-state index is -1.17. The van der Waals surface area contributed by atoms with Crippen molar-refractivity contribution in [3.8, 4) is 23.0 Å². The van der Waals surface area contributed by atoms with E-state index in [1.54, 1.807) is 24.3 Å². The zero-order valence-corrected chi connectivity index (χ0v) is 15.7. The number of fused-ring (bicyclic) bond motifs is 6. The van der Waals surface area contributed by atoms with Gasteiger partial charge in [-0.3, -0.25) is 0 Å². The molecule has 0 atom stereocenters. The van der Waals surface area contributed by atoms with Gasteiger partial charge in [0.1, 0.15) is 23.0 Å². The molecule has 2 N–H and O–H groups in total. The van der Waals surface area contributed by atoms with E-state index in [4.69, 9.17) is 9.47 Å². The Bertz CT molecular complexity index is 1010. The van der Waals surface area contributed by atoms with Gasteiger partial charge < -0.3 is 19.7 Å². The summed E-state index contributed by atoms with van der Waals surface area (Å²) in [6.45, 7) is 0. The number of rotatable bonds is 0. The van der Waals surface area contributed by atoms with Crippen LogP contribution >= 0.6 is 0 Å². The van der Waals surface area contributed by atoms with Crippen LogP contribution in [0.2, 0.25) is 0 Å². The number of phenols is 2. The van der Waals surface area contributed by atoms with Gasteiger partial charge >= 0.3 is 35.5 Å². The predicted molar refractivity (Wildman–Crippen MR) is 95.2 cm³/mol. The SMILES string of the molecule is O=C1OC2(c3ccc(O)cc3Oc3cc(O)ccc32)c2ccccc21.[Eu].[NaH]. The Hall–Kier alpha value is -0.886. The van der Waals surface area contributed by atoms with Crippen LogP contribution in [0.4, 0.5) is 0 Å². The van der Waals surface area contributed by atoms with Gasteiger partial charge in [-0.25, -0.2) is 4.79 Å². The average Bonchev–Trinajstić information content (AvgIpc) is 2.88. The fraction of sp³-hybridized carbons (Fsp3) is 0.0500. The van der Waals surface area contributed by atoms with E-state index in [-0.39, 0.29) is 90.4 Å². The molecule has 5 rings (SSSR count). The topological polar surface area (TPSA) is 76.0 Å². The molecule has 5 nitrogen and oxygen atoms in total. The minimum absolute atomic E-state index is 0. The van der Waals surface area contributed by atoms with E-state index in [1.165, 1.54) is 24.3 Å². The number of hydrogen-bond donors (Lipinski definition) is 2. The van der Waals surface area contributed by atoms with Crippen LogP contribution < -0.4 is 4.74 Å². The van der Waals surface area contributed by atoms with E-state index in [1.807, 2.05) is 12.1 Å². The monoisotopic (exact) mass is 509 g/mol. The fourth-order valence-corrected chi connectivity index (χ4v) is 3.65. The van der Waals surface area contributed by atoms with Gasteiger partial charge in [0.2, 0.25) is 0 Å². The quantitative estimate of drug-likeness (QED) is 0.361. The van der Waals surface area contributed by atoms with Crippen LogP contribution in [0.15, 0.2) is 60.7 Å². The molecule has 1 radical (unpaired) electrons. The second-order valence-corrected chi connectivity index (χ2v) is 6.08. The van der Waals surface area contributed by atoms with E-state index in [9.17, 15) is 15.0 Å². The first-order valence-corrected chi connectivity index (χ1v) is 7.77. The number of benzene rings is 3. The summed E-state index contributed by atoms with van der Waals surface area (Å²) in [6, 6.07) is 16.6. The molecule has 0 unspecified atom stereocenters. The van der Waals surface area contributed by atoms with E-state index < -0.39 is 11.6 Å². The molecule has 2 heterocycles. The van der Waals surface area contributed by atoms with Crippen LogP contribution in [-0.4, -0.2) is 45.7 Å². The summed E-state index contributed by atoms with van der Waals surface area (Å²) in [7, 11) is 0. The zero-order valence-electron chi connectivity index (χ0n) is 13.3. The van der Waals surface area contributed by atoms with Gasteiger partial charge in [-0.15, -0.1) is 0 Å². The third-order valence-electron chi connectivity index (χ3n) is 4.68. The van der Waals surface area contributed by atoms with Gasteiger partial charge in [0.15, 0.2) is 5.60 Å². The standard InChI is InChI=1S/C20H12O5.Eu.Na.H/c21-11-5-7-15-17(9-11)24-18-10-12(22)6-8-16(18)20(15)14-4-2-1-3-13(14)19(23)25-20;;;/h1-10,21-22H;;;. The molecule has 0 saturated heterocycles. The molecule has 2 aliphatic rings. The van der Waals surface area contributed by atoms with Crippen LogP contribution in [0.3, 0.4) is 0 Å². The molecular weight excluding hydrogens is 495 g/mol. The third kappa shape index (κ3) is 2.98. The van der Waals surface area contributed by atoms with Crippen LogP contribution in [0, 0.1) is 49.4 Å². The van der Waals surface area contributed by atoms with Crippen molar-refractivity contribution in [2.24, 2.45) is 0 Å². The van der Waals surface area contributed by atoms with E-state index >= 15 is 0 Å². The fourth-order valence-electron chi connectivity index (χ4n) is 3.65. The maximum atomic E-state index is 12.5. The molecule has 0 amide bonds. The Kier molecular flexibility index (Phi) is 5.79. The molecule has 0 fully saturated rings. The zero-order chi connectivity index (χ0) is 17.2. The van der Waals surface area contributed by atoms with Crippen LogP contribution in [-0.2, 0) is 10.3 Å². The molecular formula is C20H13EuNaO5. The number of carbonyl (C=O) groups is 1. The summed E-state index contributed by atoms with van der Waals surface area (Å²) in [4.78, 5) is 12.5. The molecule has 131 valence electrons. The first-order valence-electron chi connectivity index (χ1n) is 7.77. The second kappa shape index (κ2) is 7.50. The first-order chi connectivity index (χ1) is 12.1. The van der Waals surface area contributed by atoms with Crippen molar-refractivity contribution in [2.75, 3.05) is 0 Å². The Morgan fingerprint density at radius 3 is 1.93 bits per heavy atom. The summed E-state index contributed by atoms with van der Waals surface area (Å²) in [5.74, 6) is 0.408. The number of carbonyl (C=O) groups excluding carboxylic acids is 1. The Labute approximate surface area is 218 Å². The van der Waals surface area contributed by atoms with Crippen molar-refractivity contribution in [3.05, 3.63) is 82.9 Å². The van der Waals surface area contributed by atoms with Crippen molar-refractivity contribution >= 4 is 35.5 Å². The molecule has 0 aliphatic carbocycles. The van der Waals surface area contributed by atoms with Crippen molar-refractivity contribution < 1.29 is 73.9 Å². The molecule has 0 saturated carbocycles. The predicted octanol–water partition coefficient (Wildman–Crippen LogP) is 3.02. The summed E-state index contributed by atoms with van der Waals surface area (Å²) >= 11 is 0. The van der Waals surface area contributed by atoms with Crippen LogP contribution in [0.25, 0.3) is 0 Å². The third-order valence-corrected chi connectivity index (χ3v) is 4.68. The maximum absolute atomic E-state index is 12.5. The number of phenolic OH excluding ortho intramolecular Hbond substituents is 2. The molecule has 0 bridgehead atoms. The second-order valence-electron chi connectivity index (χ2n) is 6.08. The van der Waals surface area contributed by atoms with Gasteiger partial charge in [-0.1, -0.05) is 18.2 Å². The number of esters is 1. The number of aromatic hydroxyl groups is 2. The van der Waals surface area contributed by atoms with Gasteiger partial charge in [0, 0.05) is 78.2 Å². The molecule has 2 aliphatic heterocycles. The van der Waals surface area contributed by atoms with Crippen molar-refractivity contribution in [1.29, 1.82) is 0 Å². The Morgan fingerprint density at radius 1 is 0.778 bits per heavy atom. The molecule has 27 heavy (non-hydrogen) atoms. The van der Waals surface area contributed by atoms with Gasteiger partial charge in [0.05, 0.1) is 5.56 Å². The first kappa shape index (κ1) is 20.8. The van der Waals surface area contributed by atoms with Crippen LogP contribution in [0.1, 0.15) is 27.0 Å². The summed E-state index contributed by atoms with van der Waals surface area (Å²) < 4.78 is 11.8. The number of ether oxygens (including phenoxy) is 2. The normalized spacial score (nSPS) is 14.6.